The lowest BCUT2D eigenvalue weighted by Crippen LogP contribution is -2.61. The van der Waals surface area contributed by atoms with E-state index >= 15 is 0 Å². The van der Waals surface area contributed by atoms with Crippen LogP contribution in [0.2, 0.25) is 0 Å². The predicted molar refractivity (Wildman–Crippen MR) is 605 cm³/mol. The molecule has 0 atom stereocenters. The van der Waals surface area contributed by atoms with Crippen LogP contribution in [0.5, 0.6) is 0 Å². The van der Waals surface area contributed by atoms with Gasteiger partial charge in [-0.2, -0.15) is 0 Å². The normalized spacial score (nSPS) is 18.6. The summed E-state index contributed by atoms with van der Waals surface area (Å²) in [6, 6.07) is 86.3. The Balaban J connectivity index is 0.707. The van der Waals surface area contributed by atoms with Crippen molar-refractivity contribution in [2.45, 2.75) is 350 Å². The Bertz CT molecular complexity index is 7460. The molecule has 0 saturated carbocycles. The quantitative estimate of drug-likeness (QED) is 0.134. The van der Waals surface area contributed by atoms with E-state index < -0.39 is 0 Å². The SMILES string of the molecule is Cc1cc2c3c(c1)N(c1ccc(C(C)(C)C)cc1)c1sc4ccc(C(C)(C)Cc5ccc(-c6cc(C(C)(C)C)ccc6N6c7cc8c(cc7B7c9c6cc(C)cc9N(c6ccc(C(C)(C)C)cc6)c6sc9cc%10c(cc9c67)C(C)(C)CCC%10(C)C)C(C)(C)CCC8(C)C)cc5)cc4c1B3c1cc3c(cc1N2c1ccc(C(C)(C)C)cc1-c1ccc2c(c1)C(C)(C)CCC2(C)C)C(C)(C)CCC3(C)C. The second-order valence-electron chi connectivity index (χ2n) is 53.9. The van der Waals surface area contributed by atoms with Crippen molar-refractivity contribution in [3.63, 3.8) is 0 Å². The largest absolute Gasteiger partial charge is 0.311 e. The van der Waals surface area contributed by atoms with Crippen molar-refractivity contribution in [1.29, 1.82) is 0 Å². The number of rotatable bonds is 9. The molecule has 0 spiro atoms. The van der Waals surface area contributed by atoms with Crippen molar-refractivity contribution in [3.05, 3.63) is 295 Å². The first-order chi connectivity index (χ1) is 64.4. The Morgan fingerprint density at radius 1 is 0.261 bits per heavy atom. The molecule has 12 aromatic carbocycles. The van der Waals surface area contributed by atoms with Crippen molar-refractivity contribution >= 4 is 156 Å². The van der Waals surface area contributed by atoms with E-state index in [1.165, 1.54) is 250 Å². The molecule has 4 aliphatic carbocycles. The third-order valence-electron chi connectivity index (χ3n) is 35.6. The second kappa shape index (κ2) is 30.5. The van der Waals surface area contributed by atoms with Crippen LogP contribution < -0.4 is 52.4 Å². The molecule has 4 nitrogen and oxygen atoms in total. The third-order valence-corrected chi connectivity index (χ3v) is 37.9. The fourth-order valence-electron chi connectivity index (χ4n) is 26.2. The molecule has 0 saturated heterocycles. The van der Waals surface area contributed by atoms with Gasteiger partial charge in [-0.15, -0.1) is 22.7 Å². The zero-order valence-electron chi connectivity index (χ0n) is 89.3. The third kappa shape index (κ3) is 14.6. The van der Waals surface area contributed by atoms with Gasteiger partial charge in [0.15, 0.2) is 0 Å². The van der Waals surface area contributed by atoms with Gasteiger partial charge in [-0.1, -0.05) is 311 Å². The molecule has 4 aliphatic heterocycles. The van der Waals surface area contributed by atoms with E-state index in [1.54, 1.807) is 0 Å². The first kappa shape index (κ1) is 92.9. The Hall–Kier alpha value is -10.1. The van der Waals surface area contributed by atoms with Gasteiger partial charge in [0.1, 0.15) is 0 Å². The standard InChI is InChI=1S/C130H148B2N4S2/c1-76-61-106-114-109(64-76)136(103-51-43-84(121(12,13)14)67-89(103)80-37-49-92-93(65-80)123(17,18)54-53-122(92,15)16)105-73-98-95(125(21,22)56-59-128(98,27)28)70-100(105)131(114)112-90-68-85(44-52-110(90)137-116(112)133(106)86-45-38-81(39-46-86)118(3,4)5)130(31,32)75-78-33-35-79(36-34-78)88-66-83(120(9,10)11)42-50-102(88)135-104-72-97-96(126(23,24)57-58-127(97,25)26)71-101(104)132-113-91-69-94-99(129(29,30)60-55-124(94,19)20)74-111(91)138-117(113)134(107-62-77(2)63-108(135)115(107)132)87-47-40-82(41-48-87)119(6,7)8/h33-52,61-74H,53-60,75H2,1-32H3. The van der Waals surface area contributed by atoms with Gasteiger partial charge in [0.05, 0.1) is 21.4 Å². The fraction of sp³-hybridized carbons (Fsp3) is 0.415. The average molecular weight is 1850 g/mol. The number of hydrogen-bond acceptors (Lipinski definition) is 6. The predicted octanol–water partition coefficient (Wildman–Crippen LogP) is 33.3. The van der Waals surface area contributed by atoms with Crippen LogP contribution in [0.3, 0.4) is 0 Å². The highest BCUT2D eigenvalue weighted by atomic mass is 32.1. The number of thiophene rings is 2. The highest BCUT2D eigenvalue weighted by molar-refractivity contribution is 7.27. The van der Waals surface area contributed by atoms with Crippen molar-refractivity contribution in [2.24, 2.45) is 0 Å². The van der Waals surface area contributed by atoms with Crippen LogP contribution in [0.4, 0.5) is 66.9 Å². The Morgan fingerprint density at radius 2 is 0.587 bits per heavy atom. The number of fused-ring (bicyclic) bond motifs is 16. The van der Waals surface area contributed by atoms with Crippen LogP contribution in [0.15, 0.2) is 206 Å². The molecule has 0 radical (unpaired) electrons. The van der Waals surface area contributed by atoms with Crippen LogP contribution in [-0.4, -0.2) is 13.4 Å². The summed E-state index contributed by atoms with van der Waals surface area (Å²) in [4.78, 5) is 11.0. The van der Waals surface area contributed by atoms with Gasteiger partial charge in [-0.25, -0.2) is 0 Å². The first-order valence-electron chi connectivity index (χ1n) is 52.2. The van der Waals surface area contributed by atoms with Crippen LogP contribution in [0.25, 0.3) is 42.4 Å². The Labute approximate surface area is 836 Å². The van der Waals surface area contributed by atoms with Gasteiger partial charge in [-0.3, -0.25) is 0 Å². The van der Waals surface area contributed by atoms with E-state index in [2.05, 4.69) is 447 Å². The zero-order chi connectivity index (χ0) is 98.0. The molecule has 8 heteroatoms. The lowest BCUT2D eigenvalue weighted by molar-refractivity contribution is 0.332. The lowest BCUT2D eigenvalue weighted by atomic mass is 9.33. The maximum atomic E-state index is 2.78. The van der Waals surface area contributed by atoms with E-state index in [-0.39, 0.29) is 83.8 Å². The van der Waals surface area contributed by atoms with Gasteiger partial charge < -0.3 is 19.6 Å². The summed E-state index contributed by atoms with van der Waals surface area (Å²) in [5, 5.41) is 5.44. The number of benzene rings is 12. The zero-order valence-corrected chi connectivity index (χ0v) is 90.9. The molecule has 706 valence electrons. The van der Waals surface area contributed by atoms with Crippen LogP contribution in [0.1, 0.15) is 348 Å². The van der Waals surface area contributed by atoms with Crippen LogP contribution >= 0.6 is 22.7 Å². The summed E-state index contributed by atoms with van der Waals surface area (Å²) < 4.78 is 2.72. The number of hydrogen-bond donors (Lipinski definition) is 0. The molecule has 0 fully saturated rings. The highest BCUT2D eigenvalue weighted by Gasteiger charge is 2.53. The molecule has 2 aromatic heterocycles. The maximum Gasteiger partial charge on any atom is 0.254 e. The Kier molecular flexibility index (Phi) is 20.5. The molecule has 0 N–H and O–H groups in total. The minimum atomic E-state index is -0.283. The van der Waals surface area contributed by atoms with Gasteiger partial charge in [0.2, 0.25) is 0 Å². The Morgan fingerprint density at radius 3 is 0.993 bits per heavy atom. The van der Waals surface area contributed by atoms with Crippen molar-refractivity contribution in [2.75, 3.05) is 19.6 Å². The minimum Gasteiger partial charge on any atom is -0.311 e. The summed E-state index contributed by atoms with van der Waals surface area (Å²) in [6.07, 6.45) is 10.1. The number of aryl methyl sites for hydroxylation is 2. The van der Waals surface area contributed by atoms with E-state index in [0.29, 0.717) is 0 Å². The lowest BCUT2D eigenvalue weighted by Gasteiger charge is -2.47. The summed E-state index contributed by atoms with van der Waals surface area (Å²) in [6.45, 7) is 78.3. The summed E-state index contributed by atoms with van der Waals surface area (Å²) in [7, 11) is 0. The molecule has 138 heavy (non-hydrogen) atoms. The van der Waals surface area contributed by atoms with Crippen molar-refractivity contribution in [3.8, 4) is 22.3 Å². The second-order valence-corrected chi connectivity index (χ2v) is 56.0. The van der Waals surface area contributed by atoms with Crippen LogP contribution in [-0.2, 0) is 76.8 Å². The van der Waals surface area contributed by atoms with Crippen molar-refractivity contribution < 1.29 is 0 Å². The van der Waals surface area contributed by atoms with E-state index in [1.807, 2.05) is 22.7 Å². The van der Waals surface area contributed by atoms with E-state index in [4.69, 9.17) is 0 Å². The van der Waals surface area contributed by atoms with Gasteiger partial charge >= 0.3 is 0 Å². The molecule has 0 unspecified atom stereocenters. The fourth-order valence-corrected chi connectivity index (χ4v) is 28.7. The monoisotopic (exact) mass is 1850 g/mol. The molecule has 22 rings (SSSR count). The number of nitrogens with zero attached hydrogens (tertiary/aromatic N) is 4. The number of anilines is 12. The van der Waals surface area contributed by atoms with E-state index in [0.717, 1.165) is 38.5 Å². The average Bonchev–Trinajstić information content (AvgIpc) is 1.15. The molecule has 0 amide bonds. The smallest absolute Gasteiger partial charge is 0.254 e. The molecule has 8 aliphatic rings. The molecule has 0 bridgehead atoms. The molecular formula is C130H148B2N4S2. The summed E-state index contributed by atoms with van der Waals surface area (Å²) in [5.74, 6) is 0. The molecule has 6 heterocycles. The maximum absolute atomic E-state index is 2.78. The summed E-state index contributed by atoms with van der Waals surface area (Å²) >= 11 is 4.03. The minimum absolute atomic E-state index is 0.00189. The topological polar surface area (TPSA) is 13.0 Å². The van der Waals surface area contributed by atoms with E-state index in [9.17, 15) is 0 Å². The summed E-state index contributed by atoms with van der Waals surface area (Å²) in [5.41, 5.74) is 48.2. The molecular weight excluding hydrogens is 1700 g/mol. The van der Waals surface area contributed by atoms with Crippen molar-refractivity contribution in [1.82, 2.24) is 0 Å². The first-order valence-corrected chi connectivity index (χ1v) is 53.8. The highest BCUT2D eigenvalue weighted by Crippen LogP contribution is 2.60. The van der Waals surface area contributed by atoms with Gasteiger partial charge in [-0.05, 0) is 389 Å². The van der Waals surface area contributed by atoms with Gasteiger partial charge in [0, 0.05) is 66.0 Å². The van der Waals surface area contributed by atoms with Crippen LogP contribution in [0, 0.1) is 13.8 Å². The van der Waals surface area contributed by atoms with Gasteiger partial charge in [0.25, 0.3) is 13.4 Å². The molecule has 14 aromatic rings.